The van der Waals surface area contributed by atoms with Gasteiger partial charge in [0, 0.05) is 30.3 Å². The van der Waals surface area contributed by atoms with E-state index in [0.29, 0.717) is 13.1 Å². The molecule has 0 N–H and O–H groups in total. The smallest absolute Gasteiger partial charge is 0.231 e. The van der Waals surface area contributed by atoms with Crippen molar-refractivity contribution in [3.05, 3.63) is 66.2 Å². The molecule has 4 heteroatoms. The fraction of sp³-hybridized carbons (Fsp3) is 0.238. The fourth-order valence-electron chi connectivity index (χ4n) is 2.66. The highest BCUT2D eigenvalue weighted by Crippen LogP contribution is 2.38. The van der Waals surface area contributed by atoms with E-state index in [1.807, 2.05) is 48.5 Å². The second kappa shape index (κ2) is 8.27. The molecule has 4 nitrogen and oxygen atoms in total. The molecule has 2 aromatic rings. The van der Waals surface area contributed by atoms with Crippen molar-refractivity contribution in [1.29, 1.82) is 0 Å². The highest BCUT2D eigenvalue weighted by atomic mass is 16.7. The molecule has 0 fully saturated rings. The Morgan fingerprint density at radius 2 is 1.96 bits per heavy atom. The zero-order chi connectivity index (χ0) is 17.5. The summed E-state index contributed by atoms with van der Waals surface area (Å²) in [5, 5.41) is 0. The molecule has 1 aliphatic heterocycles. The summed E-state index contributed by atoms with van der Waals surface area (Å²) in [6, 6.07) is 13.8. The average Bonchev–Trinajstić information content (AvgIpc) is 3.09. The van der Waals surface area contributed by atoms with Gasteiger partial charge < -0.3 is 14.2 Å². The van der Waals surface area contributed by atoms with Gasteiger partial charge in [0.15, 0.2) is 11.5 Å². The number of hydrogen-bond acceptors (Lipinski definition) is 4. The molecular formula is C21H21NO3. The summed E-state index contributed by atoms with van der Waals surface area (Å²) in [7, 11) is 1.66. The van der Waals surface area contributed by atoms with E-state index >= 15 is 0 Å². The molecule has 0 aromatic heterocycles. The molecule has 0 unspecified atom stereocenters. The average molecular weight is 335 g/mol. The summed E-state index contributed by atoms with van der Waals surface area (Å²) < 4.78 is 16.4. The van der Waals surface area contributed by atoms with Crippen molar-refractivity contribution in [1.82, 2.24) is 4.90 Å². The maximum atomic E-state index is 5.50. The quantitative estimate of drug-likeness (QED) is 0.597. The number of ether oxygens (including phenoxy) is 3. The zero-order valence-electron chi connectivity index (χ0n) is 14.3. The van der Waals surface area contributed by atoms with Crippen LogP contribution in [0.15, 0.2) is 55.1 Å². The molecule has 0 saturated heterocycles. The molecule has 0 atom stereocenters. The lowest BCUT2D eigenvalue weighted by molar-refractivity contribution is 0.174. The van der Waals surface area contributed by atoms with Crippen molar-refractivity contribution in [2.45, 2.75) is 6.54 Å². The van der Waals surface area contributed by atoms with Gasteiger partial charge in [-0.05, 0) is 18.2 Å². The lowest BCUT2D eigenvalue weighted by Crippen LogP contribution is -2.24. The molecule has 0 saturated carbocycles. The van der Waals surface area contributed by atoms with E-state index < -0.39 is 0 Å². The highest BCUT2D eigenvalue weighted by molar-refractivity contribution is 5.51. The maximum Gasteiger partial charge on any atom is 0.231 e. The molecule has 0 amide bonds. The maximum absolute atomic E-state index is 5.50. The molecular weight excluding hydrogens is 314 g/mol. The molecule has 1 heterocycles. The van der Waals surface area contributed by atoms with Crippen LogP contribution < -0.4 is 14.2 Å². The normalized spacial score (nSPS) is 11.8. The lowest BCUT2D eigenvalue weighted by atomic mass is 10.1. The van der Waals surface area contributed by atoms with Crippen molar-refractivity contribution in [2.75, 3.05) is 27.0 Å². The standard InChI is InChI=1S/C21H21NO3/c1-3-11-22(12-7-10-17-8-5-4-6-9-17)15-18-13-20-21(25-16-24-20)14-19(18)23-2/h3-6,8-9,13-14H,1,11-12,15-16H2,2H3. The first-order chi connectivity index (χ1) is 12.3. The molecule has 3 rings (SSSR count). The van der Waals surface area contributed by atoms with Crippen LogP contribution in [-0.2, 0) is 6.54 Å². The lowest BCUT2D eigenvalue weighted by Gasteiger charge is -2.19. The third kappa shape index (κ3) is 4.34. The van der Waals surface area contributed by atoms with Gasteiger partial charge in [0.25, 0.3) is 0 Å². The van der Waals surface area contributed by atoms with Gasteiger partial charge >= 0.3 is 0 Å². The van der Waals surface area contributed by atoms with Gasteiger partial charge in [-0.2, -0.15) is 0 Å². The molecule has 0 bridgehead atoms. The van der Waals surface area contributed by atoms with Crippen LogP contribution in [-0.4, -0.2) is 31.9 Å². The number of rotatable bonds is 6. The second-order valence-corrected chi connectivity index (χ2v) is 5.64. The van der Waals surface area contributed by atoms with E-state index in [1.165, 1.54) is 0 Å². The Morgan fingerprint density at radius 1 is 1.20 bits per heavy atom. The van der Waals surface area contributed by atoms with Crippen molar-refractivity contribution in [3.63, 3.8) is 0 Å². The zero-order valence-corrected chi connectivity index (χ0v) is 14.3. The Balaban J connectivity index is 1.74. The molecule has 25 heavy (non-hydrogen) atoms. The fourth-order valence-corrected chi connectivity index (χ4v) is 2.66. The minimum absolute atomic E-state index is 0.251. The predicted molar refractivity (Wildman–Crippen MR) is 97.9 cm³/mol. The first-order valence-electron chi connectivity index (χ1n) is 8.14. The minimum Gasteiger partial charge on any atom is -0.496 e. The minimum atomic E-state index is 0.251. The number of fused-ring (bicyclic) bond motifs is 1. The monoisotopic (exact) mass is 335 g/mol. The van der Waals surface area contributed by atoms with Gasteiger partial charge in [-0.1, -0.05) is 36.1 Å². The SMILES string of the molecule is C=CCN(CC#Cc1ccccc1)Cc1cc2c(cc1OC)OCO2. The summed E-state index contributed by atoms with van der Waals surface area (Å²) in [6.07, 6.45) is 1.88. The molecule has 0 radical (unpaired) electrons. The molecule has 0 aliphatic carbocycles. The van der Waals surface area contributed by atoms with Crippen molar-refractivity contribution in [3.8, 4) is 29.1 Å². The topological polar surface area (TPSA) is 30.9 Å². The number of hydrogen-bond donors (Lipinski definition) is 0. The van der Waals surface area contributed by atoms with E-state index in [1.54, 1.807) is 7.11 Å². The van der Waals surface area contributed by atoms with Gasteiger partial charge in [0.05, 0.1) is 13.7 Å². The molecule has 1 aliphatic rings. The third-order valence-electron chi connectivity index (χ3n) is 3.87. The van der Waals surface area contributed by atoms with Crippen LogP contribution in [0.25, 0.3) is 0 Å². The third-order valence-corrected chi connectivity index (χ3v) is 3.87. The summed E-state index contributed by atoms with van der Waals surface area (Å²) >= 11 is 0. The van der Waals surface area contributed by atoms with E-state index in [4.69, 9.17) is 14.2 Å². The van der Waals surface area contributed by atoms with Crippen molar-refractivity contribution >= 4 is 0 Å². The summed E-state index contributed by atoms with van der Waals surface area (Å²) in [6.45, 7) is 6.16. The van der Waals surface area contributed by atoms with Gasteiger partial charge in [-0.25, -0.2) is 0 Å². The van der Waals surface area contributed by atoms with Gasteiger partial charge in [0.1, 0.15) is 5.75 Å². The Bertz CT molecular complexity index is 790. The second-order valence-electron chi connectivity index (χ2n) is 5.64. The van der Waals surface area contributed by atoms with Gasteiger partial charge in [-0.15, -0.1) is 6.58 Å². The van der Waals surface area contributed by atoms with Crippen LogP contribution in [0.2, 0.25) is 0 Å². The van der Waals surface area contributed by atoms with E-state index in [9.17, 15) is 0 Å². The Hall–Kier alpha value is -2.90. The van der Waals surface area contributed by atoms with Crippen LogP contribution in [0.1, 0.15) is 11.1 Å². The molecule has 2 aromatic carbocycles. The Kier molecular flexibility index (Phi) is 5.61. The predicted octanol–water partition coefficient (Wildman–Crippen LogP) is 3.46. The summed E-state index contributed by atoms with van der Waals surface area (Å²) in [5.41, 5.74) is 2.05. The van der Waals surface area contributed by atoms with Crippen LogP contribution in [0, 0.1) is 11.8 Å². The van der Waals surface area contributed by atoms with Crippen LogP contribution in [0.4, 0.5) is 0 Å². The first-order valence-corrected chi connectivity index (χ1v) is 8.14. The van der Waals surface area contributed by atoms with Crippen LogP contribution >= 0.6 is 0 Å². The summed E-state index contributed by atoms with van der Waals surface area (Å²) in [5.74, 6) is 8.68. The number of benzene rings is 2. The van der Waals surface area contributed by atoms with Crippen LogP contribution in [0.3, 0.4) is 0 Å². The van der Waals surface area contributed by atoms with Crippen molar-refractivity contribution < 1.29 is 14.2 Å². The number of methoxy groups -OCH3 is 1. The molecule has 0 spiro atoms. The number of nitrogens with zero attached hydrogens (tertiary/aromatic N) is 1. The van der Waals surface area contributed by atoms with E-state index in [0.717, 1.165) is 34.9 Å². The van der Waals surface area contributed by atoms with Crippen molar-refractivity contribution in [2.24, 2.45) is 0 Å². The summed E-state index contributed by atoms with van der Waals surface area (Å²) in [4.78, 5) is 2.20. The highest BCUT2D eigenvalue weighted by Gasteiger charge is 2.18. The van der Waals surface area contributed by atoms with Crippen LogP contribution in [0.5, 0.6) is 17.2 Å². The largest absolute Gasteiger partial charge is 0.496 e. The molecule has 128 valence electrons. The van der Waals surface area contributed by atoms with Gasteiger partial charge in [0.2, 0.25) is 6.79 Å². The first kappa shape index (κ1) is 16.9. The van der Waals surface area contributed by atoms with E-state index in [2.05, 4.69) is 23.3 Å². The van der Waals surface area contributed by atoms with Gasteiger partial charge in [-0.3, -0.25) is 4.90 Å². The van der Waals surface area contributed by atoms with E-state index in [-0.39, 0.29) is 6.79 Å². The Labute approximate surface area is 148 Å². The Morgan fingerprint density at radius 3 is 2.68 bits per heavy atom.